The molecule has 0 radical (unpaired) electrons. The average molecular weight is 480 g/mol. The summed E-state index contributed by atoms with van der Waals surface area (Å²) in [7, 11) is -16.8. The van der Waals surface area contributed by atoms with E-state index in [-0.39, 0.29) is 74.2 Å². The van der Waals surface area contributed by atoms with Crippen molar-refractivity contribution >= 4 is 27.1 Å². The molecule has 0 aliphatic heterocycles. The fraction of sp³-hybridized carbons (Fsp3) is 0. The Morgan fingerprint density at radius 3 is 0.263 bits per heavy atom. The molecular weight excluding hydrogens is 480 g/mol. The summed E-state index contributed by atoms with van der Waals surface area (Å²) in [6.07, 6.45) is 0. The first-order valence-corrected chi connectivity index (χ1v) is 7.35. The zero-order valence-electron chi connectivity index (χ0n) is 8.19. The number of hydrogen-bond donors (Lipinski definition) is 0. The molecule has 0 bridgehead atoms. The summed E-state index contributed by atoms with van der Waals surface area (Å²) in [5.74, 6) is 0. The summed E-state index contributed by atoms with van der Waals surface area (Å²) in [5.41, 5.74) is 0. The molecule has 0 aromatic rings. The van der Waals surface area contributed by atoms with E-state index in [1.165, 1.54) is 0 Å². The zero-order valence-corrected chi connectivity index (χ0v) is 16.8. The molecule has 12 nitrogen and oxygen atoms in total. The van der Waals surface area contributed by atoms with Gasteiger partial charge in [0.25, 0.3) is 0 Å². The normalized spacial score (nSPS) is 9.47. The Morgan fingerprint density at radius 1 is 0.263 bits per heavy atom. The molecular formula is O12Si3V4. The summed E-state index contributed by atoms with van der Waals surface area (Å²) in [4.78, 5) is 103. The quantitative estimate of drug-likeness (QED) is 0.292. The second-order valence-electron chi connectivity index (χ2n) is 1.50. The van der Waals surface area contributed by atoms with E-state index in [4.69, 9.17) is 57.5 Å². The Hall–Kier alpha value is 2.51. The van der Waals surface area contributed by atoms with Crippen LogP contribution < -0.4 is 57.5 Å². The predicted octanol–water partition coefficient (Wildman–Crippen LogP) is -15.4. The monoisotopic (exact) mass is 480 g/mol. The van der Waals surface area contributed by atoms with Gasteiger partial charge in [-0.2, -0.15) is 0 Å². The molecule has 0 atom stereocenters. The van der Waals surface area contributed by atoms with Crippen molar-refractivity contribution in [1.29, 1.82) is 0 Å². The van der Waals surface area contributed by atoms with Gasteiger partial charge in [-0.3, -0.25) is 0 Å². The molecule has 0 spiro atoms. The van der Waals surface area contributed by atoms with Crippen LogP contribution in [-0.2, 0) is 74.2 Å². The van der Waals surface area contributed by atoms with Crippen LogP contribution >= 0.6 is 0 Å². The van der Waals surface area contributed by atoms with Crippen molar-refractivity contribution in [3.63, 3.8) is 0 Å². The van der Waals surface area contributed by atoms with Crippen LogP contribution in [0.5, 0.6) is 0 Å². The molecule has 0 aromatic heterocycles. The third-order valence-corrected chi connectivity index (χ3v) is 0. The molecule has 0 saturated heterocycles. The van der Waals surface area contributed by atoms with E-state index in [9.17, 15) is 0 Å². The van der Waals surface area contributed by atoms with Gasteiger partial charge in [-0.25, -0.2) is 0 Å². The van der Waals surface area contributed by atoms with E-state index in [0.29, 0.717) is 0 Å². The summed E-state index contributed by atoms with van der Waals surface area (Å²) >= 11 is 0. The summed E-state index contributed by atoms with van der Waals surface area (Å²) in [6, 6.07) is 0. The van der Waals surface area contributed by atoms with Crippen molar-refractivity contribution < 1.29 is 132 Å². The Balaban J connectivity index is -0.0000000206. The van der Waals surface area contributed by atoms with Gasteiger partial charge in [0.2, 0.25) is 0 Å². The largest absolute Gasteiger partial charge is 3.00 e. The second kappa shape index (κ2) is 18.6. The van der Waals surface area contributed by atoms with E-state index < -0.39 is 27.1 Å². The van der Waals surface area contributed by atoms with Crippen LogP contribution in [0.1, 0.15) is 0 Å². The van der Waals surface area contributed by atoms with E-state index in [2.05, 4.69) is 0 Å². The molecule has 0 saturated carbocycles. The van der Waals surface area contributed by atoms with Crippen molar-refractivity contribution in [3.05, 3.63) is 0 Å². The van der Waals surface area contributed by atoms with E-state index >= 15 is 0 Å². The van der Waals surface area contributed by atoms with Gasteiger partial charge in [-0.05, 0) is 0 Å². The van der Waals surface area contributed by atoms with E-state index in [1.807, 2.05) is 0 Å². The molecule has 0 unspecified atom stereocenters. The molecule has 0 aliphatic carbocycles. The molecule has 0 heterocycles. The first-order chi connectivity index (χ1) is 6.00. The maximum absolute atomic E-state index is 8.58. The predicted molar refractivity (Wildman–Crippen MR) is 17.3 cm³/mol. The molecule has 0 amide bonds. The van der Waals surface area contributed by atoms with Gasteiger partial charge in [-0.1, -0.05) is 0 Å². The molecule has 104 valence electrons. The number of rotatable bonds is 0. The van der Waals surface area contributed by atoms with Crippen molar-refractivity contribution in [2.75, 3.05) is 0 Å². The standard InChI is InChI=1S/3O4Si.4V/c3*1-5(2,3)4;;;;/q3*-4;4*+3. The summed E-state index contributed by atoms with van der Waals surface area (Å²) < 4.78 is 0. The maximum atomic E-state index is 8.58. The van der Waals surface area contributed by atoms with Crippen molar-refractivity contribution in [3.8, 4) is 0 Å². The van der Waals surface area contributed by atoms with Crippen LogP contribution in [-0.4, -0.2) is 27.1 Å². The van der Waals surface area contributed by atoms with E-state index in [1.54, 1.807) is 0 Å². The average Bonchev–Trinajstić information content (AvgIpc) is 1.41. The van der Waals surface area contributed by atoms with Crippen LogP contribution in [0.4, 0.5) is 0 Å². The molecule has 0 aromatic carbocycles. The van der Waals surface area contributed by atoms with Crippen molar-refractivity contribution in [2.24, 2.45) is 0 Å². The van der Waals surface area contributed by atoms with Crippen molar-refractivity contribution in [2.45, 2.75) is 0 Å². The Bertz CT molecular complexity index is 100.0. The van der Waals surface area contributed by atoms with Crippen LogP contribution in [0, 0.1) is 0 Å². The smallest absolute Gasteiger partial charge is 0.894 e. The third kappa shape index (κ3) is 1120. The Kier molecular flexibility index (Phi) is 42.0. The summed E-state index contributed by atoms with van der Waals surface area (Å²) in [6.45, 7) is 0. The van der Waals surface area contributed by atoms with Gasteiger partial charge < -0.3 is 84.7 Å². The molecule has 19 heteroatoms. The molecule has 0 aliphatic rings. The maximum Gasteiger partial charge on any atom is 3.00 e. The topological polar surface area (TPSA) is 277 Å². The minimum absolute atomic E-state index is 0. The van der Waals surface area contributed by atoms with Crippen molar-refractivity contribution in [1.82, 2.24) is 0 Å². The SMILES string of the molecule is [O-][Si]([O-])([O-])[O-].[O-][Si]([O-])([O-])[O-].[O-][Si]([O-])([O-])[O-].[V+3].[V+3].[V+3].[V+3]. The minimum atomic E-state index is -5.61. The van der Waals surface area contributed by atoms with Crippen LogP contribution in [0.3, 0.4) is 0 Å². The Labute approximate surface area is 158 Å². The molecule has 0 fully saturated rings. The van der Waals surface area contributed by atoms with Gasteiger partial charge in [0.05, 0.1) is 0 Å². The van der Waals surface area contributed by atoms with Gasteiger partial charge in [0.1, 0.15) is 0 Å². The van der Waals surface area contributed by atoms with Gasteiger partial charge >= 0.3 is 74.2 Å². The fourth-order valence-electron chi connectivity index (χ4n) is 0. The fourth-order valence-corrected chi connectivity index (χ4v) is 0. The molecule has 19 heavy (non-hydrogen) atoms. The van der Waals surface area contributed by atoms with Gasteiger partial charge in [-0.15, -0.1) is 0 Å². The summed E-state index contributed by atoms with van der Waals surface area (Å²) in [5, 5.41) is 0. The molecule has 0 rings (SSSR count). The van der Waals surface area contributed by atoms with E-state index in [0.717, 1.165) is 0 Å². The van der Waals surface area contributed by atoms with Crippen LogP contribution in [0.15, 0.2) is 0 Å². The Morgan fingerprint density at radius 2 is 0.263 bits per heavy atom. The number of hydrogen-bond acceptors (Lipinski definition) is 12. The minimum Gasteiger partial charge on any atom is -0.894 e. The van der Waals surface area contributed by atoms with Crippen LogP contribution in [0.25, 0.3) is 0 Å². The first kappa shape index (κ1) is 43.0. The molecule has 0 N–H and O–H groups in total. The van der Waals surface area contributed by atoms with Crippen LogP contribution in [0.2, 0.25) is 0 Å². The van der Waals surface area contributed by atoms with Gasteiger partial charge in [0.15, 0.2) is 0 Å². The second-order valence-corrected chi connectivity index (χ2v) is 4.50. The first-order valence-electron chi connectivity index (χ1n) is 2.45. The zero-order chi connectivity index (χ0) is 13.5. The van der Waals surface area contributed by atoms with Gasteiger partial charge in [0, 0.05) is 0 Å². The third-order valence-electron chi connectivity index (χ3n) is 0.